The summed E-state index contributed by atoms with van der Waals surface area (Å²) in [6.07, 6.45) is 1.69. The molecular formula is C16H24ClN3O2. The zero-order chi connectivity index (χ0) is 14.7. The Balaban J connectivity index is 0.00000176. The molecule has 0 aliphatic carbocycles. The summed E-state index contributed by atoms with van der Waals surface area (Å²) in [5, 5.41) is 0. The van der Waals surface area contributed by atoms with Gasteiger partial charge in [0, 0.05) is 45.0 Å². The normalized spacial score (nSPS) is 22.4. The van der Waals surface area contributed by atoms with Crippen LogP contribution < -0.4 is 5.73 Å². The Morgan fingerprint density at radius 1 is 1.27 bits per heavy atom. The van der Waals surface area contributed by atoms with E-state index in [1.54, 1.807) is 0 Å². The van der Waals surface area contributed by atoms with Gasteiger partial charge in [0.2, 0.25) is 0 Å². The number of nitrogens with zero attached hydrogens (tertiary/aromatic N) is 2. The van der Waals surface area contributed by atoms with E-state index < -0.39 is 0 Å². The number of benzene rings is 1. The first-order chi connectivity index (χ1) is 10.2. The zero-order valence-corrected chi connectivity index (χ0v) is 13.6. The topological polar surface area (TPSA) is 58.8 Å². The lowest BCUT2D eigenvalue weighted by Gasteiger charge is -2.35. The van der Waals surface area contributed by atoms with E-state index in [1.807, 2.05) is 23.1 Å². The fourth-order valence-electron chi connectivity index (χ4n) is 3.05. The average Bonchev–Trinajstić information content (AvgIpc) is 3.01. The molecule has 1 atom stereocenters. The Morgan fingerprint density at radius 3 is 2.68 bits per heavy atom. The SMILES string of the molecule is Cl.Nc1cccc(CN2CCN(C(=O)C3CCCO3)CC2)c1. The molecule has 0 radical (unpaired) electrons. The third-order valence-corrected chi connectivity index (χ3v) is 4.25. The minimum Gasteiger partial charge on any atom is -0.399 e. The van der Waals surface area contributed by atoms with Crippen molar-refractivity contribution in [3.05, 3.63) is 29.8 Å². The largest absolute Gasteiger partial charge is 0.399 e. The molecule has 1 unspecified atom stereocenters. The Labute approximate surface area is 137 Å². The molecule has 2 aliphatic heterocycles. The van der Waals surface area contributed by atoms with Crippen molar-refractivity contribution in [2.75, 3.05) is 38.5 Å². The number of hydrogen-bond acceptors (Lipinski definition) is 4. The number of carbonyl (C=O) groups excluding carboxylic acids is 1. The average molecular weight is 326 g/mol. The van der Waals surface area contributed by atoms with Crippen molar-refractivity contribution >= 4 is 24.0 Å². The Hall–Kier alpha value is -1.30. The maximum atomic E-state index is 12.3. The van der Waals surface area contributed by atoms with E-state index in [4.69, 9.17) is 10.5 Å². The number of halogens is 1. The van der Waals surface area contributed by atoms with Crippen molar-refractivity contribution in [3.8, 4) is 0 Å². The van der Waals surface area contributed by atoms with Gasteiger partial charge in [0.05, 0.1) is 0 Å². The lowest BCUT2D eigenvalue weighted by molar-refractivity contribution is -0.142. The second-order valence-corrected chi connectivity index (χ2v) is 5.85. The third kappa shape index (κ3) is 4.12. The molecule has 0 saturated carbocycles. The third-order valence-electron chi connectivity index (χ3n) is 4.25. The lowest BCUT2D eigenvalue weighted by atomic mass is 10.1. The molecule has 122 valence electrons. The highest BCUT2D eigenvalue weighted by Gasteiger charge is 2.30. The van der Waals surface area contributed by atoms with Crippen molar-refractivity contribution in [2.45, 2.75) is 25.5 Å². The maximum absolute atomic E-state index is 12.3. The van der Waals surface area contributed by atoms with Gasteiger partial charge in [-0.15, -0.1) is 12.4 Å². The highest BCUT2D eigenvalue weighted by Crippen LogP contribution is 2.17. The van der Waals surface area contributed by atoms with Gasteiger partial charge >= 0.3 is 0 Å². The smallest absolute Gasteiger partial charge is 0.251 e. The van der Waals surface area contributed by atoms with Gasteiger partial charge in [-0.25, -0.2) is 0 Å². The van der Waals surface area contributed by atoms with E-state index in [2.05, 4.69) is 11.0 Å². The fraction of sp³-hybridized carbons (Fsp3) is 0.562. The first-order valence-corrected chi connectivity index (χ1v) is 7.69. The molecule has 3 rings (SSSR count). The van der Waals surface area contributed by atoms with Crippen molar-refractivity contribution in [3.63, 3.8) is 0 Å². The summed E-state index contributed by atoms with van der Waals surface area (Å²) >= 11 is 0. The molecular weight excluding hydrogens is 302 g/mol. The van der Waals surface area contributed by atoms with Crippen LogP contribution in [-0.4, -0.2) is 54.6 Å². The van der Waals surface area contributed by atoms with Gasteiger partial charge in [-0.05, 0) is 30.5 Å². The Morgan fingerprint density at radius 2 is 2.05 bits per heavy atom. The van der Waals surface area contributed by atoms with Gasteiger partial charge in [-0.3, -0.25) is 9.69 Å². The van der Waals surface area contributed by atoms with Crippen molar-refractivity contribution in [2.24, 2.45) is 0 Å². The van der Waals surface area contributed by atoms with E-state index >= 15 is 0 Å². The van der Waals surface area contributed by atoms with Crippen LogP contribution >= 0.6 is 12.4 Å². The highest BCUT2D eigenvalue weighted by atomic mass is 35.5. The zero-order valence-electron chi connectivity index (χ0n) is 12.7. The Kier molecular flexibility index (Phi) is 6.06. The van der Waals surface area contributed by atoms with Crippen LogP contribution in [0, 0.1) is 0 Å². The summed E-state index contributed by atoms with van der Waals surface area (Å²) in [5.41, 5.74) is 7.85. The van der Waals surface area contributed by atoms with Gasteiger partial charge in [-0.2, -0.15) is 0 Å². The molecule has 1 aromatic rings. The quantitative estimate of drug-likeness (QED) is 0.856. The van der Waals surface area contributed by atoms with Gasteiger partial charge in [0.15, 0.2) is 0 Å². The number of carbonyl (C=O) groups is 1. The molecule has 2 heterocycles. The second-order valence-electron chi connectivity index (χ2n) is 5.85. The predicted molar refractivity (Wildman–Crippen MR) is 88.9 cm³/mol. The summed E-state index contributed by atoms with van der Waals surface area (Å²) in [6.45, 7) is 5.03. The van der Waals surface area contributed by atoms with E-state index in [9.17, 15) is 4.79 Å². The molecule has 5 nitrogen and oxygen atoms in total. The molecule has 1 aromatic carbocycles. The fourth-order valence-corrected chi connectivity index (χ4v) is 3.05. The standard InChI is InChI=1S/C16H23N3O2.ClH/c17-14-4-1-3-13(11-14)12-18-6-8-19(9-7-18)16(20)15-5-2-10-21-15;/h1,3-4,11,15H,2,5-10,12,17H2;1H. The summed E-state index contributed by atoms with van der Waals surface area (Å²) < 4.78 is 5.48. The molecule has 22 heavy (non-hydrogen) atoms. The summed E-state index contributed by atoms with van der Waals surface area (Å²) in [5.74, 6) is 0.177. The number of hydrogen-bond donors (Lipinski definition) is 1. The van der Waals surface area contributed by atoms with Crippen LogP contribution in [0.15, 0.2) is 24.3 Å². The molecule has 0 bridgehead atoms. The number of nitrogens with two attached hydrogens (primary N) is 1. The van der Waals surface area contributed by atoms with Crippen LogP contribution in [0.5, 0.6) is 0 Å². The van der Waals surface area contributed by atoms with Gasteiger partial charge in [0.1, 0.15) is 6.10 Å². The second kappa shape index (κ2) is 7.81. The van der Waals surface area contributed by atoms with Crippen LogP contribution in [0.25, 0.3) is 0 Å². The minimum absolute atomic E-state index is 0. The van der Waals surface area contributed by atoms with Crippen LogP contribution in [0.4, 0.5) is 5.69 Å². The summed E-state index contributed by atoms with van der Waals surface area (Å²) in [6, 6.07) is 8.01. The summed E-state index contributed by atoms with van der Waals surface area (Å²) in [7, 11) is 0. The molecule has 2 saturated heterocycles. The van der Waals surface area contributed by atoms with E-state index in [-0.39, 0.29) is 24.4 Å². The van der Waals surface area contributed by atoms with Gasteiger partial charge in [-0.1, -0.05) is 12.1 Å². The van der Waals surface area contributed by atoms with E-state index in [0.29, 0.717) is 0 Å². The van der Waals surface area contributed by atoms with Crippen molar-refractivity contribution < 1.29 is 9.53 Å². The Bertz CT molecular complexity index is 498. The van der Waals surface area contributed by atoms with E-state index in [0.717, 1.165) is 57.9 Å². The number of amides is 1. The van der Waals surface area contributed by atoms with Crippen LogP contribution in [0.1, 0.15) is 18.4 Å². The van der Waals surface area contributed by atoms with Gasteiger partial charge in [0.25, 0.3) is 5.91 Å². The van der Waals surface area contributed by atoms with Crippen LogP contribution in [0.3, 0.4) is 0 Å². The number of nitrogen functional groups attached to an aromatic ring is 1. The van der Waals surface area contributed by atoms with Crippen LogP contribution in [-0.2, 0) is 16.1 Å². The highest BCUT2D eigenvalue weighted by molar-refractivity contribution is 5.85. The molecule has 2 fully saturated rings. The molecule has 6 heteroatoms. The number of anilines is 1. The molecule has 0 aromatic heterocycles. The molecule has 0 spiro atoms. The van der Waals surface area contributed by atoms with Crippen LogP contribution in [0.2, 0.25) is 0 Å². The maximum Gasteiger partial charge on any atom is 0.251 e. The first kappa shape index (κ1) is 17.1. The summed E-state index contributed by atoms with van der Waals surface area (Å²) in [4.78, 5) is 16.6. The predicted octanol–water partition coefficient (Wildman–Crippen LogP) is 1.51. The molecule has 2 aliphatic rings. The van der Waals surface area contributed by atoms with Crippen molar-refractivity contribution in [1.29, 1.82) is 0 Å². The number of rotatable bonds is 3. The lowest BCUT2D eigenvalue weighted by Crippen LogP contribution is -2.51. The van der Waals surface area contributed by atoms with Crippen molar-refractivity contribution in [1.82, 2.24) is 9.80 Å². The van der Waals surface area contributed by atoms with E-state index in [1.165, 1.54) is 5.56 Å². The van der Waals surface area contributed by atoms with Gasteiger partial charge < -0.3 is 15.4 Å². The molecule has 1 amide bonds. The number of piperazine rings is 1. The monoisotopic (exact) mass is 325 g/mol. The minimum atomic E-state index is -0.189. The number of ether oxygens (including phenoxy) is 1. The molecule has 2 N–H and O–H groups in total. The first-order valence-electron chi connectivity index (χ1n) is 7.69.